The summed E-state index contributed by atoms with van der Waals surface area (Å²) in [5.41, 5.74) is 2.90. The minimum Gasteiger partial charge on any atom is -0.358 e. The molecule has 2 bridgehead atoms. The number of hydrogen-bond donors (Lipinski definition) is 2. The van der Waals surface area contributed by atoms with Crippen LogP contribution in [0.4, 0.5) is 0 Å². The highest BCUT2D eigenvalue weighted by Crippen LogP contribution is 2.44. The molecule has 2 fully saturated rings. The van der Waals surface area contributed by atoms with E-state index in [1.807, 2.05) is 17.5 Å². The first-order valence-electron chi connectivity index (χ1n) is 6.44. The van der Waals surface area contributed by atoms with E-state index in [9.17, 15) is 0 Å². The Labute approximate surface area is 117 Å². The third-order valence-electron chi connectivity index (χ3n) is 3.96. The van der Waals surface area contributed by atoms with Gasteiger partial charge in [0.1, 0.15) is 0 Å². The molecule has 2 aliphatic carbocycles. The van der Waals surface area contributed by atoms with Crippen LogP contribution in [-0.2, 0) is 0 Å². The monoisotopic (exact) mass is 279 g/mol. The molecule has 1 heterocycles. The van der Waals surface area contributed by atoms with E-state index in [1.165, 1.54) is 25.7 Å². The molecule has 3 atom stereocenters. The first kappa shape index (κ1) is 12.1. The fourth-order valence-corrected chi connectivity index (χ4v) is 3.93. The number of fused-ring (bicyclic) bond motifs is 2. The number of nitrogens with zero attached hydrogens (tertiary/aromatic N) is 1. The second-order valence-electron chi connectivity index (χ2n) is 5.14. The Kier molecular flexibility index (Phi) is 3.61. The van der Waals surface area contributed by atoms with Gasteiger partial charge in [-0.3, -0.25) is 5.43 Å². The Bertz CT molecular complexity index is 441. The van der Waals surface area contributed by atoms with Gasteiger partial charge in [0.2, 0.25) is 0 Å². The Hall–Kier alpha value is -0.940. The minimum atomic E-state index is 0.570. The summed E-state index contributed by atoms with van der Waals surface area (Å²) in [7, 11) is 0. The van der Waals surface area contributed by atoms with Gasteiger partial charge in [-0.1, -0.05) is 12.5 Å². The van der Waals surface area contributed by atoms with E-state index in [-0.39, 0.29) is 0 Å². The average molecular weight is 279 g/mol. The number of hydrogen-bond acceptors (Lipinski definition) is 3. The van der Waals surface area contributed by atoms with Crippen LogP contribution < -0.4 is 10.7 Å². The van der Waals surface area contributed by atoms with E-state index >= 15 is 0 Å². The molecule has 2 aliphatic rings. The molecule has 0 aromatic carbocycles. The van der Waals surface area contributed by atoms with Crippen molar-refractivity contribution in [2.24, 2.45) is 16.9 Å². The van der Waals surface area contributed by atoms with Crippen LogP contribution in [0.5, 0.6) is 0 Å². The Morgan fingerprint density at radius 1 is 1.44 bits per heavy atom. The smallest absolute Gasteiger partial charge is 0.187 e. The highest BCUT2D eigenvalue weighted by molar-refractivity contribution is 7.80. The lowest BCUT2D eigenvalue weighted by Crippen LogP contribution is -2.42. The number of thiocarbonyl (C=S) groups is 1. The normalized spacial score (nSPS) is 29.9. The molecule has 2 saturated carbocycles. The second kappa shape index (κ2) is 5.36. The summed E-state index contributed by atoms with van der Waals surface area (Å²) < 4.78 is 0. The molecule has 0 radical (unpaired) electrons. The van der Waals surface area contributed by atoms with Crippen LogP contribution in [0.2, 0.25) is 0 Å². The van der Waals surface area contributed by atoms with E-state index in [2.05, 4.69) is 15.8 Å². The number of hydrazone groups is 1. The lowest BCUT2D eigenvalue weighted by atomic mass is 9.96. The lowest BCUT2D eigenvalue weighted by Gasteiger charge is -2.23. The predicted molar refractivity (Wildman–Crippen MR) is 80.0 cm³/mol. The highest BCUT2D eigenvalue weighted by Gasteiger charge is 2.39. The molecule has 0 aliphatic heterocycles. The van der Waals surface area contributed by atoms with E-state index in [0.717, 1.165) is 16.7 Å². The zero-order valence-corrected chi connectivity index (χ0v) is 11.8. The molecule has 0 unspecified atom stereocenters. The summed E-state index contributed by atoms with van der Waals surface area (Å²) >= 11 is 6.93. The number of rotatable bonds is 3. The average Bonchev–Trinajstić information content (AvgIpc) is 3.04. The molecular formula is C13H17N3S2. The summed E-state index contributed by atoms with van der Waals surface area (Å²) in [4.78, 5) is 1.13. The molecule has 3 nitrogen and oxygen atoms in total. The zero-order valence-electron chi connectivity index (χ0n) is 10.1. The summed E-state index contributed by atoms with van der Waals surface area (Å²) in [6.45, 7) is 0. The summed E-state index contributed by atoms with van der Waals surface area (Å²) in [5, 5.41) is 10.2. The fraction of sp³-hybridized carbons (Fsp3) is 0.538. The van der Waals surface area contributed by atoms with E-state index < -0.39 is 0 Å². The van der Waals surface area contributed by atoms with Crippen LogP contribution >= 0.6 is 23.6 Å². The van der Waals surface area contributed by atoms with Crippen LogP contribution in [0, 0.1) is 11.8 Å². The van der Waals surface area contributed by atoms with Crippen LogP contribution in [0.3, 0.4) is 0 Å². The predicted octanol–water partition coefficient (Wildman–Crippen LogP) is 2.73. The van der Waals surface area contributed by atoms with Gasteiger partial charge in [-0.15, -0.1) is 11.3 Å². The van der Waals surface area contributed by atoms with E-state index in [4.69, 9.17) is 12.2 Å². The summed E-state index contributed by atoms with van der Waals surface area (Å²) in [6, 6.07) is 4.61. The molecule has 0 saturated heterocycles. The zero-order chi connectivity index (χ0) is 12.4. The fourth-order valence-electron chi connectivity index (χ4n) is 3.14. The van der Waals surface area contributed by atoms with Crippen molar-refractivity contribution in [3.05, 3.63) is 22.4 Å². The largest absolute Gasteiger partial charge is 0.358 e. The van der Waals surface area contributed by atoms with Crippen molar-refractivity contribution in [1.29, 1.82) is 0 Å². The number of nitrogens with one attached hydrogen (secondary N) is 2. The van der Waals surface area contributed by atoms with Gasteiger partial charge >= 0.3 is 0 Å². The molecule has 1 aromatic rings. The molecule has 1 aromatic heterocycles. The van der Waals surface area contributed by atoms with Gasteiger partial charge in [0.05, 0.1) is 6.21 Å². The summed E-state index contributed by atoms with van der Waals surface area (Å²) in [5.74, 6) is 1.76. The van der Waals surface area contributed by atoms with Crippen molar-refractivity contribution >= 4 is 34.9 Å². The number of thiophene rings is 1. The first-order valence-corrected chi connectivity index (χ1v) is 7.73. The van der Waals surface area contributed by atoms with Gasteiger partial charge in [-0.05, 0) is 54.8 Å². The molecule has 5 heteroatoms. The van der Waals surface area contributed by atoms with Crippen LogP contribution in [-0.4, -0.2) is 17.4 Å². The molecule has 2 N–H and O–H groups in total. The topological polar surface area (TPSA) is 36.4 Å². The molecule has 3 rings (SSSR count). The van der Waals surface area contributed by atoms with Crippen LogP contribution in [0.1, 0.15) is 30.6 Å². The van der Waals surface area contributed by atoms with Gasteiger partial charge in [0, 0.05) is 10.9 Å². The van der Waals surface area contributed by atoms with Crippen molar-refractivity contribution in [1.82, 2.24) is 10.7 Å². The van der Waals surface area contributed by atoms with E-state index in [1.54, 1.807) is 17.6 Å². The quantitative estimate of drug-likeness (QED) is 0.507. The second-order valence-corrected chi connectivity index (χ2v) is 6.53. The van der Waals surface area contributed by atoms with Crippen molar-refractivity contribution < 1.29 is 0 Å². The Balaban J connectivity index is 1.45. The van der Waals surface area contributed by atoms with Gasteiger partial charge in [0.15, 0.2) is 5.11 Å². The standard InChI is InChI=1S/C13H17N3S2/c17-13(16-14-8-11-2-1-5-18-11)15-12-7-9-3-4-10(12)6-9/h1-2,5,8-10,12H,3-4,6-7H2,(H2,15,16,17)/b14-8-/t9-,10-,12+/m0/s1. The lowest BCUT2D eigenvalue weighted by molar-refractivity contribution is 0.389. The summed E-state index contributed by atoms with van der Waals surface area (Å²) in [6.07, 6.45) is 7.25. The molecule has 0 amide bonds. The highest BCUT2D eigenvalue weighted by atomic mass is 32.1. The van der Waals surface area contributed by atoms with Crippen molar-refractivity contribution in [3.8, 4) is 0 Å². The first-order chi connectivity index (χ1) is 8.81. The maximum atomic E-state index is 5.27. The van der Waals surface area contributed by atoms with Gasteiger partial charge in [0.25, 0.3) is 0 Å². The van der Waals surface area contributed by atoms with Crippen LogP contribution in [0.15, 0.2) is 22.6 Å². The SMILES string of the molecule is S=C(N/N=C\c1cccs1)N[C@@H]1C[C@H]2CC[C@H]1C2. The van der Waals surface area contributed by atoms with Gasteiger partial charge < -0.3 is 5.32 Å². The molecule has 96 valence electrons. The third kappa shape index (κ3) is 2.72. The maximum Gasteiger partial charge on any atom is 0.187 e. The molecule has 0 spiro atoms. The van der Waals surface area contributed by atoms with E-state index in [0.29, 0.717) is 11.2 Å². The van der Waals surface area contributed by atoms with Gasteiger partial charge in [-0.25, -0.2) is 0 Å². The third-order valence-corrected chi connectivity index (χ3v) is 4.97. The Morgan fingerprint density at radius 2 is 2.39 bits per heavy atom. The van der Waals surface area contributed by atoms with Crippen molar-refractivity contribution in [2.45, 2.75) is 31.7 Å². The van der Waals surface area contributed by atoms with Crippen molar-refractivity contribution in [2.75, 3.05) is 0 Å². The van der Waals surface area contributed by atoms with Crippen molar-refractivity contribution in [3.63, 3.8) is 0 Å². The minimum absolute atomic E-state index is 0.570. The van der Waals surface area contributed by atoms with Crippen LogP contribution in [0.25, 0.3) is 0 Å². The molecule has 18 heavy (non-hydrogen) atoms. The maximum absolute atomic E-state index is 5.27. The van der Waals surface area contributed by atoms with Gasteiger partial charge in [-0.2, -0.15) is 5.10 Å². The molecular weight excluding hydrogens is 262 g/mol. The Morgan fingerprint density at radius 3 is 3.06 bits per heavy atom.